The van der Waals surface area contributed by atoms with Crippen LogP contribution in [0, 0.1) is 0 Å². The number of aromatic nitrogens is 3. The van der Waals surface area contributed by atoms with Gasteiger partial charge in [0, 0.05) is 42.6 Å². The maximum Gasteiger partial charge on any atom is 0.191 e. The van der Waals surface area contributed by atoms with Crippen LogP contribution in [0.4, 0.5) is 0 Å². The molecule has 7 heteroatoms. The average Bonchev–Trinajstić information content (AvgIpc) is 3.43. The van der Waals surface area contributed by atoms with E-state index in [0.717, 1.165) is 59.7 Å². The van der Waals surface area contributed by atoms with Gasteiger partial charge in [-0.25, -0.2) is 0 Å². The molecule has 170 valence electrons. The van der Waals surface area contributed by atoms with E-state index in [9.17, 15) is 4.79 Å². The Morgan fingerprint density at radius 1 is 1.12 bits per heavy atom. The third-order valence-corrected chi connectivity index (χ3v) is 8.49. The van der Waals surface area contributed by atoms with Crippen LogP contribution in [0.15, 0.2) is 53.7 Å². The number of hydrogen-bond acceptors (Lipinski definition) is 6. The Morgan fingerprint density at radius 3 is 2.85 bits per heavy atom. The Hall–Kier alpha value is -2.48. The summed E-state index contributed by atoms with van der Waals surface area (Å²) in [6, 6.07) is 16.9. The normalized spacial score (nSPS) is 14.0. The first-order chi connectivity index (χ1) is 16.1. The molecule has 1 aliphatic rings. The van der Waals surface area contributed by atoms with Gasteiger partial charge >= 0.3 is 0 Å². The molecule has 3 heterocycles. The van der Waals surface area contributed by atoms with Crippen molar-refractivity contribution >= 4 is 39.0 Å². The van der Waals surface area contributed by atoms with E-state index < -0.39 is 0 Å². The molecule has 0 fully saturated rings. The molecule has 0 unspecified atom stereocenters. The lowest BCUT2D eigenvalue weighted by molar-refractivity contribution is 0.0988. The molecule has 4 aromatic rings. The van der Waals surface area contributed by atoms with Crippen molar-refractivity contribution in [1.82, 2.24) is 19.7 Å². The SMILES string of the molecule is CCC(=O)c1ccc2c(c1)CN(CCCSc1nnc(-c3cc4ccccc4s3)n1C)CC2. The highest BCUT2D eigenvalue weighted by molar-refractivity contribution is 7.99. The largest absolute Gasteiger partial charge is 0.305 e. The maximum atomic E-state index is 12.1. The molecule has 0 N–H and O–H groups in total. The zero-order valence-corrected chi connectivity index (χ0v) is 20.7. The van der Waals surface area contributed by atoms with Gasteiger partial charge in [0.1, 0.15) is 0 Å². The highest BCUT2D eigenvalue weighted by Crippen LogP contribution is 2.33. The molecule has 2 aromatic carbocycles. The molecule has 0 amide bonds. The van der Waals surface area contributed by atoms with Crippen LogP contribution < -0.4 is 0 Å². The van der Waals surface area contributed by atoms with E-state index in [0.29, 0.717) is 6.42 Å². The first-order valence-electron chi connectivity index (χ1n) is 11.5. The van der Waals surface area contributed by atoms with Gasteiger partial charge in [0.05, 0.1) is 4.88 Å². The minimum Gasteiger partial charge on any atom is -0.305 e. The van der Waals surface area contributed by atoms with Crippen LogP contribution in [-0.2, 0) is 20.0 Å². The van der Waals surface area contributed by atoms with Crippen molar-refractivity contribution in [3.63, 3.8) is 0 Å². The summed E-state index contributed by atoms with van der Waals surface area (Å²) in [5, 5.41) is 11.1. The highest BCUT2D eigenvalue weighted by atomic mass is 32.2. The van der Waals surface area contributed by atoms with Gasteiger partial charge in [-0.2, -0.15) is 0 Å². The Morgan fingerprint density at radius 2 is 2.00 bits per heavy atom. The number of nitrogens with zero attached hydrogens (tertiary/aromatic N) is 4. The molecule has 0 saturated carbocycles. The van der Waals surface area contributed by atoms with Gasteiger partial charge in [-0.3, -0.25) is 9.69 Å². The van der Waals surface area contributed by atoms with E-state index >= 15 is 0 Å². The van der Waals surface area contributed by atoms with Crippen molar-refractivity contribution in [2.45, 2.75) is 37.9 Å². The van der Waals surface area contributed by atoms with Gasteiger partial charge < -0.3 is 4.57 Å². The summed E-state index contributed by atoms with van der Waals surface area (Å²) in [5.41, 5.74) is 3.56. The zero-order chi connectivity index (χ0) is 22.8. The number of rotatable bonds is 8. The summed E-state index contributed by atoms with van der Waals surface area (Å²) >= 11 is 3.54. The highest BCUT2D eigenvalue weighted by Gasteiger charge is 2.18. The molecule has 0 atom stereocenters. The number of ketones is 1. The van der Waals surface area contributed by atoms with Crippen molar-refractivity contribution in [1.29, 1.82) is 0 Å². The van der Waals surface area contributed by atoms with Crippen LogP contribution in [0.3, 0.4) is 0 Å². The smallest absolute Gasteiger partial charge is 0.191 e. The number of Topliss-reactive ketones (excluding diaryl/α,β-unsaturated/α-hetero) is 1. The molecule has 0 aliphatic carbocycles. The standard InChI is InChI=1S/C26H28N4OS2/c1-3-22(31)19-10-9-18-11-13-30(17-21(18)15-19)12-6-14-32-26-28-27-25(29(26)2)24-16-20-7-4-5-8-23(20)33-24/h4-5,7-10,15-16H,3,6,11-14,17H2,1-2H3. The molecule has 33 heavy (non-hydrogen) atoms. The molecule has 1 aliphatic heterocycles. The molecule has 0 radical (unpaired) electrons. The lowest BCUT2D eigenvalue weighted by Crippen LogP contribution is -2.31. The van der Waals surface area contributed by atoms with Crippen molar-refractivity contribution in [2.24, 2.45) is 7.05 Å². The number of carbonyl (C=O) groups is 1. The predicted molar refractivity (Wildman–Crippen MR) is 137 cm³/mol. The van der Waals surface area contributed by atoms with Crippen LogP contribution in [0.2, 0.25) is 0 Å². The fourth-order valence-corrected chi connectivity index (χ4v) is 6.30. The minimum atomic E-state index is 0.227. The van der Waals surface area contributed by atoms with Gasteiger partial charge in [-0.05, 0) is 54.1 Å². The van der Waals surface area contributed by atoms with Gasteiger partial charge in [-0.1, -0.05) is 49.0 Å². The summed E-state index contributed by atoms with van der Waals surface area (Å²) in [4.78, 5) is 15.7. The molecular weight excluding hydrogens is 448 g/mol. The summed E-state index contributed by atoms with van der Waals surface area (Å²) in [6.07, 6.45) is 2.72. The monoisotopic (exact) mass is 476 g/mol. The molecule has 5 nitrogen and oxygen atoms in total. The second-order valence-electron chi connectivity index (χ2n) is 8.50. The number of thioether (sulfide) groups is 1. The molecule has 0 bridgehead atoms. The van der Waals surface area contributed by atoms with Crippen molar-refractivity contribution in [3.05, 3.63) is 65.2 Å². The third-order valence-electron chi connectivity index (χ3n) is 6.27. The van der Waals surface area contributed by atoms with Gasteiger partial charge in [-0.15, -0.1) is 21.5 Å². The molecule has 2 aromatic heterocycles. The fourth-order valence-electron chi connectivity index (χ4n) is 4.38. The maximum absolute atomic E-state index is 12.1. The van der Waals surface area contributed by atoms with E-state index in [1.54, 1.807) is 23.1 Å². The van der Waals surface area contributed by atoms with Crippen LogP contribution in [0.1, 0.15) is 41.3 Å². The van der Waals surface area contributed by atoms with Crippen molar-refractivity contribution in [3.8, 4) is 10.7 Å². The lowest BCUT2D eigenvalue weighted by Gasteiger charge is -2.29. The lowest BCUT2D eigenvalue weighted by atomic mass is 9.95. The summed E-state index contributed by atoms with van der Waals surface area (Å²) in [7, 11) is 2.05. The topological polar surface area (TPSA) is 51.0 Å². The number of benzene rings is 2. The number of fused-ring (bicyclic) bond motifs is 2. The third kappa shape index (κ3) is 4.76. The Bertz CT molecular complexity index is 1260. The van der Waals surface area contributed by atoms with Crippen LogP contribution in [0.25, 0.3) is 20.8 Å². The van der Waals surface area contributed by atoms with Crippen LogP contribution in [-0.4, -0.2) is 44.3 Å². The first-order valence-corrected chi connectivity index (χ1v) is 13.3. The molecule has 0 saturated heterocycles. The Balaban J connectivity index is 1.16. The van der Waals surface area contributed by atoms with E-state index in [-0.39, 0.29) is 5.78 Å². The molecular formula is C26H28N4OS2. The molecule has 0 spiro atoms. The van der Waals surface area contributed by atoms with E-state index in [2.05, 4.69) is 69.2 Å². The Kier molecular flexibility index (Phi) is 6.62. The minimum absolute atomic E-state index is 0.227. The van der Waals surface area contributed by atoms with E-state index in [1.165, 1.54) is 21.2 Å². The summed E-state index contributed by atoms with van der Waals surface area (Å²) in [5.74, 6) is 2.17. The van der Waals surface area contributed by atoms with E-state index in [4.69, 9.17) is 0 Å². The number of thiophene rings is 1. The Labute approximate surface area is 202 Å². The summed E-state index contributed by atoms with van der Waals surface area (Å²) < 4.78 is 3.39. The zero-order valence-electron chi connectivity index (χ0n) is 19.1. The van der Waals surface area contributed by atoms with E-state index in [1.807, 2.05) is 13.0 Å². The van der Waals surface area contributed by atoms with Gasteiger partial charge in [0.15, 0.2) is 16.8 Å². The number of carbonyl (C=O) groups excluding carboxylic acids is 1. The van der Waals surface area contributed by atoms with Gasteiger partial charge in [0.25, 0.3) is 0 Å². The molecule has 5 rings (SSSR count). The second-order valence-corrected chi connectivity index (χ2v) is 10.6. The van der Waals surface area contributed by atoms with Crippen LogP contribution >= 0.6 is 23.1 Å². The average molecular weight is 477 g/mol. The second kappa shape index (κ2) is 9.79. The first kappa shape index (κ1) is 22.3. The fraction of sp³-hybridized carbons (Fsp3) is 0.346. The van der Waals surface area contributed by atoms with Crippen molar-refractivity contribution < 1.29 is 4.79 Å². The quantitative estimate of drug-likeness (QED) is 0.182. The number of hydrogen-bond donors (Lipinski definition) is 0. The van der Waals surface area contributed by atoms with Gasteiger partial charge in [0.2, 0.25) is 0 Å². The predicted octanol–water partition coefficient (Wildman–Crippen LogP) is 5.83. The van der Waals surface area contributed by atoms with Crippen LogP contribution in [0.5, 0.6) is 0 Å². The summed E-state index contributed by atoms with van der Waals surface area (Å²) in [6.45, 7) is 5.00. The van der Waals surface area contributed by atoms with Crippen molar-refractivity contribution in [2.75, 3.05) is 18.8 Å².